The standard InChI is InChI=1S/C23H19ClFIN2O2S/c1-23(2)20-18(26)9-13(21(29)27-11-14-5-4-8-31-14)10-19(20)28(22(23)30)12-15-16(24)6-3-7-17(15)25/h3-10H,11-12H2,1-2H3,(H,27,29). The summed E-state index contributed by atoms with van der Waals surface area (Å²) in [4.78, 5) is 28.7. The second-order valence-corrected chi connectivity index (χ2v) is 10.4. The molecule has 2 heterocycles. The summed E-state index contributed by atoms with van der Waals surface area (Å²) < 4.78 is 15.3. The summed E-state index contributed by atoms with van der Waals surface area (Å²) in [5, 5.41) is 5.14. The Morgan fingerprint density at radius 1 is 1.26 bits per heavy atom. The van der Waals surface area contributed by atoms with E-state index in [-0.39, 0.29) is 28.9 Å². The molecule has 0 spiro atoms. The topological polar surface area (TPSA) is 49.4 Å². The van der Waals surface area contributed by atoms with Crippen molar-refractivity contribution in [3.8, 4) is 0 Å². The first-order valence-corrected chi connectivity index (χ1v) is 11.9. The molecule has 1 aliphatic heterocycles. The number of hydrogen-bond donors (Lipinski definition) is 1. The fourth-order valence-electron chi connectivity index (χ4n) is 3.79. The average molecular weight is 569 g/mol. The van der Waals surface area contributed by atoms with Gasteiger partial charge in [0, 0.05) is 30.2 Å². The lowest BCUT2D eigenvalue weighted by molar-refractivity contribution is -0.122. The van der Waals surface area contributed by atoms with Crippen LogP contribution in [0.4, 0.5) is 10.1 Å². The van der Waals surface area contributed by atoms with E-state index in [0.29, 0.717) is 17.8 Å². The van der Waals surface area contributed by atoms with Crippen LogP contribution in [-0.2, 0) is 23.3 Å². The monoisotopic (exact) mass is 568 g/mol. The lowest BCUT2D eigenvalue weighted by Crippen LogP contribution is -2.36. The molecule has 0 aliphatic carbocycles. The van der Waals surface area contributed by atoms with Crippen molar-refractivity contribution >= 4 is 63.0 Å². The van der Waals surface area contributed by atoms with Crippen LogP contribution in [0.3, 0.4) is 0 Å². The van der Waals surface area contributed by atoms with Gasteiger partial charge in [-0.25, -0.2) is 4.39 Å². The minimum Gasteiger partial charge on any atom is -0.347 e. The molecular weight excluding hydrogens is 550 g/mol. The highest BCUT2D eigenvalue weighted by molar-refractivity contribution is 14.1. The molecule has 0 bridgehead atoms. The van der Waals surface area contributed by atoms with Gasteiger partial charge in [0.2, 0.25) is 5.91 Å². The highest BCUT2D eigenvalue weighted by Crippen LogP contribution is 2.45. The van der Waals surface area contributed by atoms with Crippen LogP contribution in [0.15, 0.2) is 47.8 Å². The van der Waals surface area contributed by atoms with Crippen LogP contribution in [0, 0.1) is 9.39 Å². The molecule has 1 aromatic heterocycles. The Morgan fingerprint density at radius 2 is 2.03 bits per heavy atom. The van der Waals surface area contributed by atoms with Gasteiger partial charge in [-0.15, -0.1) is 11.3 Å². The summed E-state index contributed by atoms with van der Waals surface area (Å²) in [6, 6.07) is 11.9. The molecule has 3 aromatic rings. The van der Waals surface area contributed by atoms with Gasteiger partial charge in [-0.3, -0.25) is 9.59 Å². The molecule has 2 amide bonds. The summed E-state index contributed by atoms with van der Waals surface area (Å²) in [6.45, 7) is 4.12. The first-order valence-electron chi connectivity index (χ1n) is 9.59. The number of halogens is 3. The maximum absolute atomic E-state index is 14.4. The molecule has 4 rings (SSSR count). The summed E-state index contributed by atoms with van der Waals surface area (Å²) in [7, 11) is 0. The molecule has 1 N–H and O–H groups in total. The van der Waals surface area contributed by atoms with E-state index in [4.69, 9.17) is 11.6 Å². The van der Waals surface area contributed by atoms with E-state index < -0.39 is 11.2 Å². The van der Waals surface area contributed by atoms with Crippen LogP contribution in [0.2, 0.25) is 5.02 Å². The van der Waals surface area contributed by atoms with Crippen molar-refractivity contribution in [2.24, 2.45) is 0 Å². The Kier molecular flexibility index (Phi) is 6.11. The van der Waals surface area contributed by atoms with Crippen LogP contribution in [0.5, 0.6) is 0 Å². The van der Waals surface area contributed by atoms with Gasteiger partial charge in [-0.05, 0) is 72.2 Å². The van der Waals surface area contributed by atoms with Gasteiger partial charge in [-0.2, -0.15) is 0 Å². The Balaban J connectivity index is 1.71. The van der Waals surface area contributed by atoms with Crippen molar-refractivity contribution in [2.45, 2.75) is 32.4 Å². The van der Waals surface area contributed by atoms with Crippen LogP contribution in [-0.4, -0.2) is 11.8 Å². The van der Waals surface area contributed by atoms with Crippen LogP contribution in [0.25, 0.3) is 0 Å². The van der Waals surface area contributed by atoms with E-state index in [1.807, 2.05) is 31.4 Å². The van der Waals surface area contributed by atoms with Crippen molar-refractivity contribution in [3.05, 3.63) is 83.8 Å². The van der Waals surface area contributed by atoms with Gasteiger partial charge < -0.3 is 10.2 Å². The molecule has 2 aromatic carbocycles. The number of rotatable bonds is 5. The molecular formula is C23H19ClFIN2O2S. The second kappa shape index (κ2) is 8.52. The smallest absolute Gasteiger partial charge is 0.251 e. The Labute approximate surface area is 202 Å². The fourth-order valence-corrected chi connectivity index (χ4v) is 5.94. The summed E-state index contributed by atoms with van der Waals surface area (Å²) in [5.41, 5.74) is 1.36. The van der Waals surface area contributed by atoms with Crippen molar-refractivity contribution in [1.82, 2.24) is 5.32 Å². The van der Waals surface area contributed by atoms with E-state index in [9.17, 15) is 14.0 Å². The average Bonchev–Trinajstić information content (AvgIpc) is 3.30. The zero-order chi connectivity index (χ0) is 22.3. The van der Waals surface area contributed by atoms with Gasteiger partial charge in [0.15, 0.2) is 0 Å². The molecule has 8 heteroatoms. The quantitative estimate of drug-likeness (QED) is 0.390. The van der Waals surface area contributed by atoms with E-state index in [1.54, 1.807) is 29.5 Å². The lowest BCUT2D eigenvalue weighted by atomic mass is 9.86. The lowest BCUT2D eigenvalue weighted by Gasteiger charge is -2.21. The molecule has 31 heavy (non-hydrogen) atoms. The Morgan fingerprint density at radius 3 is 2.71 bits per heavy atom. The molecule has 1 aliphatic rings. The molecule has 160 valence electrons. The fraction of sp³-hybridized carbons (Fsp3) is 0.217. The molecule has 0 fully saturated rings. The molecule has 0 unspecified atom stereocenters. The van der Waals surface area contributed by atoms with Crippen molar-refractivity contribution in [1.29, 1.82) is 0 Å². The number of nitrogens with zero attached hydrogens (tertiary/aromatic N) is 1. The first kappa shape index (κ1) is 22.2. The van der Waals surface area contributed by atoms with Crippen molar-refractivity contribution in [3.63, 3.8) is 0 Å². The van der Waals surface area contributed by atoms with Gasteiger partial charge in [0.05, 0.1) is 24.2 Å². The molecule has 0 saturated carbocycles. The Hall–Kier alpha value is -1.97. The number of nitrogens with one attached hydrogen (secondary N) is 1. The number of anilines is 1. The minimum absolute atomic E-state index is 0.00286. The number of fused-ring (bicyclic) bond motifs is 1. The van der Waals surface area contributed by atoms with Crippen LogP contribution >= 0.6 is 45.5 Å². The van der Waals surface area contributed by atoms with Crippen LogP contribution in [0.1, 0.15) is 40.2 Å². The van der Waals surface area contributed by atoms with Gasteiger partial charge in [0.25, 0.3) is 5.91 Å². The van der Waals surface area contributed by atoms with Gasteiger partial charge in [0.1, 0.15) is 5.82 Å². The highest BCUT2D eigenvalue weighted by Gasteiger charge is 2.46. The number of thiophene rings is 1. The third kappa shape index (κ3) is 4.10. The Bertz CT molecular complexity index is 1160. The first-order chi connectivity index (χ1) is 14.7. The molecule has 0 atom stereocenters. The summed E-state index contributed by atoms with van der Waals surface area (Å²) in [5.74, 6) is -0.850. The maximum atomic E-state index is 14.4. The SMILES string of the molecule is CC1(C)C(=O)N(Cc2c(F)cccc2Cl)c2cc(C(=O)NCc3cccs3)cc(I)c21. The highest BCUT2D eigenvalue weighted by atomic mass is 127. The third-order valence-corrected chi connectivity index (χ3v) is 7.49. The number of carbonyl (C=O) groups is 2. The van der Waals surface area contributed by atoms with Gasteiger partial charge >= 0.3 is 0 Å². The zero-order valence-electron chi connectivity index (χ0n) is 16.8. The van der Waals surface area contributed by atoms with Gasteiger partial charge in [-0.1, -0.05) is 23.7 Å². The van der Waals surface area contributed by atoms with E-state index in [0.717, 1.165) is 14.0 Å². The van der Waals surface area contributed by atoms with E-state index in [2.05, 4.69) is 27.9 Å². The van der Waals surface area contributed by atoms with Crippen molar-refractivity contribution < 1.29 is 14.0 Å². The minimum atomic E-state index is -0.796. The van der Waals surface area contributed by atoms with E-state index in [1.165, 1.54) is 17.0 Å². The molecule has 0 saturated heterocycles. The second-order valence-electron chi connectivity index (χ2n) is 7.83. The zero-order valence-corrected chi connectivity index (χ0v) is 20.6. The van der Waals surface area contributed by atoms with Crippen LogP contribution < -0.4 is 10.2 Å². The maximum Gasteiger partial charge on any atom is 0.251 e. The predicted octanol–water partition coefficient (Wildman–Crippen LogP) is 5.90. The summed E-state index contributed by atoms with van der Waals surface area (Å²) in [6.07, 6.45) is 0. The number of hydrogen-bond acceptors (Lipinski definition) is 3. The number of amides is 2. The molecule has 4 nitrogen and oxygen atoms in total. The molecule has 0 radical (unpaired) electrons. The number of benzene rings is 2. The third-order valence-electron chi connectivity index (χ3n) is 5.41. The van der Waals surface area contributed by atoms with E-state index >= 15 is 0 Å². The number of carbonyl (C=O) groups excluding carboxylic acids is 2. The normalized spacial score (nSPS) is 14.6. The summed E-state index contributed by atoms with van der Waals surface area (Å²) >= 11 is 9.94. The van der Waals surface area contributed by atoms with Crippen molar-refractivity contribution in [2.75, 3.05) is 4.90 Å². The largest absolute Gasteiger partial charge is 0.347 e. The predicted molar refractivity (Wildman–Crippen MR) is 130 cm³/mol.